The van der Waals surface area contributed by atoms with Crippen LogP contribution in [0.1, 0.15) is 23.7 Å². The first-order valence-electron chi connectivity index (χ1n) is 5.26. The molecule has 17 heavy (non-hydrogen) atoms. The number of rotatable bonds is 4. The van der Waals surface area contributed by atoms with Gasteiger partial charge in [-0.25, -0.2) is 4.39 Å². The number of carbonyl (C=O) groups excluding carboxylic acids is 1. The Bertz CT molecular complexity index is 409. The van der Waals surface area contributed by atoms with Crippen LogP contribution in [-0.4, -0.2) is 29.8 Å². The zero-order valence-electron chi connectivity index (χ0n) is 9.71. The van der Waals surface area contributed by atoms with Crippen LogP contribution in [-0.2, 0) is 0 Å². The summed E-state index contributed by atoms with van der Waals surface area (Å²) in [5.41, 5.74) is 0.376. The molecule has 94 valence electrons. The van der Waals surface area contributed by atoms with Crippen molar-refractivity contribution < 1.29 is 9.18 Å². The lowest BCUT2D eigenvalue weighted by atomic mass is 10.2. The fourth-order valence-corrected chi connectivity index (χ4v) is 1.60. The van der Waals surface area contributed by atoms with E-state index in [0.717, 1.165) is 0 Å². The highest BCUT2D eigenvalue weighted by Crippen LogP contribution is 2.17. The fourth-order valence-electron chi connectivity index (χ4n) is 1.32. The molecule has 1 rings (SSSR count). The van der Waals surface area contributed by atoms with Crippen molar-refractivity contribution in [2.45, 2.75) is 18.7 Å². The zero-order valence-corrected chi connectivity index (χ0v) is 11.2. The van der Waals surface area contributed by atoms with Crippen LogP contribution in [0.15, 0.2) is 18.2 Å². The quantitative estimate of drug-likeness (QED) is 0.771. The molecule has 0 fully saturated rings. The predicted octanol–water partition coefficient (Wildman–Crippen LogP) is 3.57. The summed E-state index contributed by atoms with van der Waals surface area (Å²) in [5, 5.41) is -0.0305. The topological polar surface area (TPSA) is 20.3 Å². The second kappa shape index (κ2) is 6.22. The molecule has 1 amide bonds. The molecule has 0 radical (unpaired) electrons. The van der Waals surface area contributed by atoms with Crippen molar-refractivity contribution in [3.8, 4) is 0 Å². The van der Waals surface area contributed by atoms with E-state index in [1.54, 1.807) is 11.9 Å². The van der Waals surface area contributed by atoms with E-state index >= 15 is 0 Å². The summed E-state index contributed by atoms with van der Waals surface area (Å²) in [6.07, 6.45) is 0.707. The Morgan fingerprint density at radius 3 is 2.71 bits per heavy atom. The molecule has 1 unspecified atom stereocenters. The number of nitrogens with zero attached hydrogens (tertiary/aromatic N) is 1. The average Bonchev–Trinajstić information content (AvgIpc) is 2.28. The first-order chi connectivity index (χ1) is 7.91. The van der Waals surface area contributed by atoms with E-state index in [0.29, 0.717) is 18.5 Å². The van der Waals surface area contributed by atoms with E-state index in [9.17, 15) is 9.18 Å². The van der Waals surface area contributed by atoms with Crippen molar-refractivity contribution >= 4 is 29.1 Å². The molecule has 0 aromatic heterocycles. The second-order valence-corrected chi connectivity index (χ2v) is 5.08. The van der Waals surface area contributed by atoms with Crippen LogP contribution >= 0.6 is 23.2 Å². The maximum absolute atomic E-state index is 12.9. The average molecular weight is 278 g/mol. The molecule has 0 spiro atoms. The first-order valence-corrected chi connectivity index (χ1v) is 6.08. The lowest BCUT2D eigenvalue weighted by molar-refractivity contribution is 0.0793. The van der Waals surface area contributed by atoms with Gasteiger partial charge in [0, 0.05) is 24.5 Å². The fraction of sp³-hybridized carbons (Fsp3) is 0.417. The largest absolute Gasteiger partial charge is 0.342 e. The monoisotopic (exact) mass is 277 g/mol. The van der Waals surface area contributed by atoms with Crippen LogP contribution < -0.4 is 0 Å². The van der Waals surface area contributed by atoms with Gasteiger partial charge < -0.3 is 4.90 Å². The van der Waals surface area contributed by atoms with Gasteiger partial charge in [0.2, 0.25) is 0 Å². The number of halogens is 3. The van der Waals surface area contributed by atoms with Crippen LogP contribution in [0, 0.1) is 5.82 Å². The van der Waals surface area contributed by atoms with E-state index in [-0.39, 0.29) is 16.3 Å². The van der Waals surface area contributed by atoms with Gasteiger partial charge in [-0.05, 0) is 31.5 Å². The Kier molecular flexibility index (Phi) is 5.22. The van der Waals surface area contributed by atoms with Crippen molar-refractivity contribution in [1.82, 2.24) is 4.90 Å². The van der Waals surface area contributed by atoms with E-state index in [1.165, 1.54) is 18.2 Å². The lowest BCUT2D eigenvalue weighted by Crippen LogP contribution is -2.28. The summed E-state index contributed by atoms with van der Waals surface area (Å²) >= 11 is 11.4. The van der Waals surface area contributed by atoms with E-state index < -0.39 is 5.82 Å². The van der Waals surface area contributed by atoms with Crippen molar-refractivity contribution in [3.05, 3.63) is 34.6 Å². The molecule has 1 atom stereocenters. The molecule has 1 aromatic rings. The van der Waals surface area contributed by atoms with E-state index in [2.05, 4.69) is 0 Å². The highest BCUT2D eigenvalue weighted by molar-refractivity contribution is 6.31. The number of benzene rings is 1. The van der Waals surface area contributed by atoms with Gasteiger partial charge in [-0.1, -0.05) is 11.6 Å². The van der Waals surface area contributed by atoms with Gasteiger partial charge in [0.1, 0.15) is 5.82 Å². The Morgan fingerprint density at radius 2 is 2.18 bits per heavy atom. The van der Waals surface area contributed by atoms with Gasteiger partial charge in [-0.15, -0.1) is 11.6 Å². The SMILES string of the molecule is CC(Cl)CCN(C)C(=O)c1ccc(F)c(Cl)c1. The highest BCUT2D eigenvalue weighted by Gasteiger charge is 2.13. The van der Waals surface area contributed by atoms with Gasteiger partial charge in [-0.3, -0.25) is 4.79 Å². The van der Waals surface area contributed by atoms with Crippen LogP contribution in [0.5, 0.6) is 0 Å². The Hall–Kier alpha value is -0.800. The van der Waals surface area contributed by atoms with Crippen molar-refractivity contribution in [2.75, 3.05) is 13.6 Å². The summed E-state index contributed by atoms with van der Waals surface area (Å²) in [6, 6.07) is 3.94. The van der Waals surface area contributed by atoms with Crippen LogP contribution in [0.25, 0.3) is 0 Å². The van der Waals surface area contributed by atoms with Gasteiger partial charge in [0.25, 0.3) is 5.91 Å². The van der Waals surface area contributed by atoms with Gasteiger partial charge in [0.05, 0.1) is 5.02 Å². The molecule has 0 bridgehead atoms. The number of amides is 1. The van der Waals surface area contributed by atoms with E-state index in [4.69, 9.17) is 23.2 Å². The number of hydrogen-bond acceptors (Lipinski definition) is 1. The molecule has 2 nitrogen and oxygen atoms in total. The Morgan fingerprint density at radius 1 is 1.53 bits per heavy atom. The molecule has 0 saturated heterocycles. The standard InChI is InChI=1S/C12H14Cl2FNO/c1-8(13)5-6-16(2)12(17)9-3-4-11(15)10(14)7-9/h3-4,7-8H,5-6H2,1-2H3. The Labute approximate surface area is 110 Å². The van der Waals surface area contributed by atoms with Gasteiger partial charge in [-0.2, -0.15) is 0 Å². The summed E-state index contributed by atoms with van der Waals surface area (Å²) < 4.78 is 12.9. The molecular weight excluding hydrogens is 264 g/mol. The predicted molar refractivity (Wildman–Crippen MR) is 68.3 cm³/mol. The smallest absolute Gasteiger partial charge is 0.253 e. The third kappa shape index (κ3) is 4.17. The maximum atomic E-state index is 12.9. The lowest BCUT2D eigenvalue weighted by Gasteiger charge is -2.18. The minimum atomic E-state index is -0.528. The van der Waals surface area contributed by atoms with Crippen molar-refractivity contribution in [3.63, 3.8) is 0 Å². The number of alkyl halides is 1. The third-order valence-electron chi connectivity index (χ3n) is 2.38. The Balaban J connectivity index is 2.71. The first kappa shape index (κ1) is 14.3. The molecular formula is C12H14Cl2FNO. The minimum Gasteiger partial charge on any atom is -0.342 e. The normalized spacial score (nSPS) is 12.3. The van der Waals surface area contributed by atoms with Crippen LogP contribution in [0.4, 0.5) is 4.39 Å². The number of hydrogen-bond donors (Lipinski definition) is 0. The zero-order chi connectivity index (χ0) is 13.0. The molecule has 1 aromatic carbocycles. The summed E-state index contributed by atoms with van der Waals surface area (Å²) in [7, 11) is 1.68. The van der Waals surface area contributed by atoms with Crippen molar-refractivity contribution in [2.24, 2.45) is 0 Å². The molecule has 0 N–H and O–H groups in total. The van der Waals surface area contributed by atoms with Crippen molar-refractivity contribution in [1.29, 1.82) is 0 Å². The minimum absolute atomic E-state index is 0.0158. The molecule has 0 saturated carbocycles. The van der Waals surface area contributed by atoms with Gasteiger partial charge in [0.15, 0.2) is 0 Å². The maximum Gasteiger partial charge on any atom is 0.253 e. The summed E-state index contributed by atoms with van der Waals surface area (Å²) in [5.74, 6) is -0.718. The summed E-state index contributed by atoms with van der Waals surface area (Å²) in [6.45, 7) is 2.42. The molecule has 0 aliphatic rings. The second-order valence-electron chi connectivity index (χ2n) is 3.93. The summed E-state index contributed by atoms with van der Waals surface area (Å²) in [4.78, 5) is 13.5. The highest BCUT2D eigenvalue weighted by atomic mass is 35.5. The van der Waals surface area contributed by atoms with E-state index in [1.807, 2.05) is 6.92 Å². The molecule has 0 aliphatic carbocycles. The molecule has 5 heteroatoms. The van der Waals surface area contributed by atoms with Gasteiger partial charge >= 0.3 is 0 Å². The van der Waals surface area contributed by atoms with Crippen LogP contribution in [0.2, 0.25) is 5.02 Å². The molecule has 0 heterocycles. The van der Waals surface area contributed by atoms with Crippen LogP contribution in [0.3, 0.4) is 0 Å². The number of carbonyl (C=O) groups is 1. The molecule has 0 aliphatic heterocycles. The third-order valence-corrected chi connectivity index (χ3v) is 2.88.